The zero-order valence-electron chi connectivity index (χ0n) is 17.6. The highest BCUT2D eigenvalue weighted by atomic mass is 16.5. The predicted molar refractivity (Wildman–Crippen MR) is 122 cm³/mol. The zero-order valence-corrected chi connectivity index (χ0v) is 17.6. The van der Waals surface area contributed by atoms with Gasteiger partial charge in [0, 0.05) is 16.9 Å². The number of nitrogens with one attached hydrogen (secondary N) is 2. The van der Waals surface area contributed by atoms with E-state index < -0.39 is 17.8 Å². The minimum absolute atomic E-state index is 0.0935. The van der Waals surface area contributed by atoms with E-state index in [1.54, 1.807) is 66.7 Å². The number of hydrogen-bond acceptors (Lipinski definition) is 5. The van der Waals surface area contributed by atoms with Gasteiger partial charge in [0.1, 0.15) is 5.75 Å². The molecule has 0 aliphatic heterocycles. The SMILES string of the molecule is O=C(O)Cc1ccc(OCC(=O)Nc2cccc(C(=O)CC(=O)Nc3ccccc3)c2)cc1. The summed E-state index contributed by atoms with van der Waals surface area (Å²) < 4.78 is 5.41. The molecule has 0 fully saturated rings. The van der Waals surface area contributed by atoms with Crippen LogP contribution in [-0.4, -0.2) is 35.3 Å². The first-order valence-electron chi connectivity index (χ1n) is 10.1. The maximum Gasteiger partial charge on any atom is 0.307 e. The molecule has 0 bridgehead atoms. The fourth-order valence-electron chi connectivity index (χ4n) is 2.97. The van der Waals surface area contributed by atoms with Crippen molar-refractivity contribution in [2.75, 3.05) is 17.2 Å². The number of ether oxygens (including phenoxy) is 1. The molecule has 0 heterocycles. The van der Waals surface area contributed by atoms with Crippen LogP contribution in [0.2, 0.25) is 0 Å². The van der Waals surface area contributed by atoms with Crippen molar-refractivity contribution >= 4 is 34.9 Å². The number of rotatable bonds is 10. The summed E-state index contributed by atoms with van der Waals surface area (Å²) in [5, 5.41) is 14.1. The van der Waals surface area contributed by atoms with Crippen molar-refractivity contribution in [2.45, 2.75) is 12.8 Å². The summed E-state index contributed by atoms with van der Waals surface area (Å²) in [4.78, 5) is 47.5. The standard InChI is InChI=1S/C25H22N2O6/c28-22(15-23(29)26-19-6-2-1-3-7-19)18-5-4-8-20(14-18)27-24(30)16-33-21-11-9-17(10-12-21)13-25(31)32/h1-12,14H,13,15-16H2,(H,26,29)(H,27,30)(H,31,32). The molecule has 2 amide bonds. The second kappa shape index (κ2) is 11.2. The van der Waals surface area contributed by atoms with Gasteiger partial charge >= 0.3 is 5.97 Å². The van der Waals surface area contributed by atoms with E-state index >= 15 is 0 Å². The molecule has 0 aliphatic carbocycles. The number of carbonyl (C=O) groups is 4. The van der Waals surface area contributed by atoms with Gasteiger partial charge in [-0.2, -0.15) is 0 Å². The maximum atomic E-state index is 12.5. The lowest BCUT2D eigenvalue weighted by Gasteiger charge is -2.09. The van der Waals surface area contributed by atoms with Gasteiger partial charge in [-0.1, -0.05) is 42.5 Å². The summed E-state index contributed by atoms with van der Waals surface area (Å²) >= 11 is 0. The van der Waals surface area contributed by atoms with E-state index in [0.29, 0.717) is 28.3 Å². The Bertz CT molecular complexity index is 1140. The highest BCUT2D eigenvalue weighted by Gasteiger charge is 2.13. The molecule has 33 heavy (non-hydrogen) atoms. The van der Waals surface area contributed by atoms with Crippen LogP contribution in [0.25, 0.3) is 0 Å². The Morgan fingerprint density at radius 3 is 2.12 bits per heavy atom. The van der Waals surface area contributed by atoms with Crippen LogP contribution >= 0.6 is 0 Å². The molecular formula is C25H22N2O6. The second-order valence-electron chi connectivity index (χ2n) is 7.15. The van der Waals surface area contributed by atoms with Crippen molar-refractivity contribution in [1.82, 2.24) is 0 Å². The quantitative estimate of drug-likeness (QED) is 0.323. The van der Waals surface area contributed by atoms with Crippen LogP contribution in [0.1, 0.15) is 22.3 Å². The van der Waals surface area contributed by atoms with E-state index in [9.17, 15) is 19.2 Å². The number of carbonyl (C=O) groups excluding carboxylic acids is 3. The van der Waals surface area contributed by atoms with Crippen molar-refractivity contribution in [3.05, 3.63) is 90.0 Å². The van der Waals surface area contributed by atoms with E-state index in [0.717, 1.165) is 0 Å². The van der Waals surface area contributed by atoms with Crippen molar-refractivity contribution in [2.24, 2.45) is 0 Å². The number of amides is 2. The molecule has 0 aromatic heterocycles. The summed E-state index contributed by atoms with van der Waals surface area (Å²) in [7, 11) is 0. The molecule has 8 heteroatoms. The molecule has 3 aromatic rings. The number of para-hydroxylation sites is 1. The monoisotopic (exact) mass is 446 g/mol. The van der Waals surface area contributed by atoms with Crippen molar-refractivity contribution in [3.63, 3.8) is 0 Å². The first kappa shape index (κ1) is 23.2. The van der Waals surface area contributed by atoms with Crippen LogP contribution in [0.5, 0.6) is 5.75 Å². The van der Waals surface area contributed by atoms with E-state index in [4.69, 9.17) is 9.84 Å². The minimum atomic E-state index is -0.930. The van der Waals surface area contributed by atoms with Gasteiger partial charge in [0.25, 0.3) is 5.91 Å². The fraction of sp³-hybridized carbons (Fsp3) is 0.120. The number of anilines is 2. The van der Waals surface area contributed by atoms with Crippen molar-refractivity contribution in [3.8, 4) is 5.75 Å². The third kappa shape index (κ3) is 7.62. The van der Waals surface area contributed by atoms with Crippen LogP contribution in [0.15, 0.2) is 78.9 Å². The summed E-state index contributed by atoms with van der Waals surface area (Å²) in [6, 6.07) is 21.5. The van der Waals surface area contributed by atoms with Crippen LogP contribution < -0.4 is 15.4 Å². The van der Waals surface area contributed by atoms with Gasteiger partial charge in [0.2, 0.25) is 5.91 Å². The highest BCUT2D eigenvalue weighted by Crippen LogP contribution is 2.15. The molecule has 3 N–H and O–H groups in total. The Kier molecular flexibility index (Phi) is 7.91. The Morgan fingerprint density at radius 1 is 0.758 bits per heavy atom. The Morgan fingerprint density at radius 2 is 1.42 bits per heavy atom. The average Bonchev–Trinajstić information content (AvgIpc) is 2.79. The Labute approximate surface area is 190 Å². The summed E-state index contributed by atoms with van der Waals surface area (Å²) in [6.45, 7) is -0.268. The molecule has 0 aliphatic rings. The van der Waals surface area contributed by atoms with E-state index in [1.165, 1.54) is 6.07 Å². The molecular weight excluding hydrogens is 424 g/mol. The minimum Gasteiger partial charge on any atom is -0.484 e. The van der Waals surface area contributed by atoms with Crippen LogP contribution in [0.4, 0.5) is 11.4 Å². The number of carboxylic acids is 1. The molecule has 0 spiro atoms. The number of ketones is 1. The number of aliphatic carboxylic acids is 1. The molecule has 8 nitrogen and oxygen atoms in total. The van der Waals surface area contributed by atoms with Gasteiger partial charge < -0.3 is 20.5 Å². The summed E-state index contributed by atoms with van der Waals surface area (Å²) in [5.74, 6) is -1.75. The van der Waals surface area contributed by atoms with Gasteiger partial charge in [-0.3, -0.25) is 19.2 Å². The molecule has 3 aromatic carbocycles. The number of hydrogen-bond donors (Lipinski definition) is 3. The van der Waals surface area contributed by atoms with Gasteiger partial charge in [0.15, 0.2) is 12.4 Å². The summed E-state index contributed by atoms with van der Waals surface area (Å²) in [6.07, 6.45) is -0.420. The lowest BCUT2D eigenvalue weighted by atomic mass is 10.1. The first-order chi connectivity index (χ1) is 15.9. The number of benzene rings is 3. The van der Waals surface area contributed by atoms with E-state index in [1.807, 2.05) is 6.07 Å². The third-order valence-electron chi connectivity index (χ3n) is 4.50. The Balaban J connectivity index is 1.50. The van der Waals surface area contributed by atoms with Crippen molar-refractivity contribution in [1.29, 1.82) is 0 Å². The molecule has 168 valence electrons. The van der Waals surface area contributed by atoms with Crippen LogP contribution in [0, 0.1) is 0 Å². The first-order valence-corrected chi connectivity index (χ1v) is 10.1. The molecule has 0 atom stereocenters. The maximum absolute atomic E-state index is 12.5. The van der Waals surface area contributed by atoms with Crippen LogP contribution in [0.3, 0.4) is 0 Å². The molecule has 0 saturated carbocycles. The lowest BCUT2D eigenvalue weighted by molar-refractivity contribution is -0.136. The third-order valence-corrected chi connectivity index (χ3v) is 4.50. The van der Waals surface area contributed by atoms with Gasteiger partial charge in [-0.25, -0.2) is 0 Å². The van der Waals surface area contributed by atoms with Crippen molar-refractivity contribution < 1.29 is 29.0 Å². The fourth-order valence-corrected chi connectivity index (χ4v) is 2.97. The summed E-state index contributed by atoms with van der Waals surface area (Å²) in [5.41, 5.74) is 1.92. The number of Topliss-reactive ketones (excluding diaryl/α,β-unsaturated/α-hetero) is 1. The van der Waals surface area contributed by atoms with E-state index in [-0.39, 0.29) is 25.2 Å². The highest BCUT2D eigenvalue weighted by molar-refractivity contribution is 6.11. The molecule has 3 rings (SSSR count). The predicted octanol–water partition coefficient (Wildman–Crippen LogP) is 3.54. The topological polar surface area (TPSA) is 122 Å². The molecule has 0 saturated heterocycles. The van der Waals surface area contributed by atoms with Crippen LogP contribution in [-0.2, 0) is 20.8 Å². The normalized spacial score (nSPS) is 10.2. The largest absolute Gasteiger partial charge is 0.484 e. The lowest BCUT2D eigenvalue weighted by Crippen LogP contribution is -2.20. The number of carboxylic acid groups (broad SMARTS) is 1. The molecule has 0 radical (unpaired) electrons. The smallest absolute Gasteiger partial charge is 0.307 e. The van der Waals surface area contributed by atoms with Gasteiger partial charge in [0.05, 0.1) is 12.8 Å². The zero-order chi connectivity index (χ0) is 23.6. The van der Waals surface area contributed by atoms with E-state index in [2.05, 4.69) is 10.6 Å². The average molecular weight is 446 g/mol. The second-order valence-corrected chi connectivity index (χ2v) is 7.15. The van der Waals surface area contributed by atoms with Gasteiger partial charge in [-0.15, -0.1) is 0 Å². The molecule has 0 unspecified atom stereocenters. The van der Waals surface area contributed by atoms with Gasteiger partial charge in [-0.05, 0) is 42.0 Å². The Hall–Kier alpha value is -4.46.